The predicted octanol–water partition coefficient (Wildman–Crippen LogP) is 2.25. The normalized spacial score (nSPS) is 10.5. The Balaban J connectivity index is 1.88. The second-order valence-electron chi connectivity index (χ2n) is 5.28. The van der Waals surface area contributed by atoms with Gasteiger partial charge in [-0.1, -0.05) is 0 Å². The van der Waals surface area contributed by atoms with E-state index in [9.17, 15) is 19.7 Å². The van der Waals surface area contributed by atoms with Crippen molar-refractivity contribution in [2.75, 3.05) is 7.11 Å². The van der Waals surface area contributed by atoms with Crippen molar-refractivity contribution in [1.82, 2.24) is 9.78 Å². The van der Waals surface area contributed by atoms with E-state index >= 15 is 0 Å². The maximum atomic E-state index is 12.0. The number of nitro benzene ring substituents is 1. The third-order valence-corrected chi connectivity index (χ3v) is 3.59. The number of benzene rings is 1. The Labute approximate surface area is 146 Å². The molecule has 0 saturated carbocycles. The van der Waals surface area contributed by atoms with Gasteiger partial charge in [0, 0.05) is 23.8 Å². The largest absolute Gasteiger partial charge is 0.463 e. The van der Waals surface area contributed by atoms with Crippen LogP contribution >= 0.6 is 0 Å². The predicted molar refractivity (Wildman–Crippen MR) is 89.7 cm³/mol. The van der Waals surface area contributed by atoms with Crippen molar-refractivity contribution in [3.8, 4) is 11.3 Å². The molecule has 0 radical (unpaired) electrons. The molecule has 0 aliphatic carbocycles. The highest BCUT2D eigenvalue weighted by atomic mass is 16.6. The van der Waals surface area contributed by atoms with E-state index in [4.69, 9.17) is 4.42 Å². The van der Waals surface area contributed by atoms with Gasteiger partial charge in [0.1, 0.15) is 12.3 Å². The number of aromatic nitrogens is 2. The van der Waals surface area contributed by atoms with Crippen molar-refractivity contribution in [1.29, 1.82) is 0 Å². The third-order valence-electron chi connectivity index (χ3n) is 3.59. The summed E-state index contributed by atoms with van der Waals surface area (Å²) < 4.78 is 11.1. The number of ether oxygens (including phenoxy) is 1. The number of hydrogen-bond acceptors (Lipinski definition) is 7. The van der Waals surface area contributed by atoms with Gasteiger partial charge >= 0.3 is 5.97 Å². The van der Waals surface area contributed by atoms with E-state index in [0.29, 0.717) is 17.0 Å². The average Bonchev–Trinajstić information content (AvgIpc) is 3.11. The molecule has 3 aromatic rings. The number of hydrogen-bond donors (Lipinski definition) is 0. The number of furan rings is 1. The Morgan fingerprint density at radius 1 is 1.19 bits per heavy atom. The van der Waals surface area contributed by atoms with E-state index in [-0.39, 0.29) is 23.6 Å². The highest BCUT2D eigenvalue weighted by Gasteiger charge is 2.13. The number of carbonyl (C=O) groups excluding carboxylic acids is 1. The summed E-state index contributed by atoms with van der Waals surface area (Å²) in [7, 11) is 1.24. The number of methoxy groups -OCH3 is 1. The molecule has 0 atom stereocenters. The van der Waals surface area contributed by atoms with Gasteiger partial charge in [-0.2, -0.15) is 5.10 Å². The minimum Gasteiger partial charge on any atom is -0.463 e. The Bertz CT molecular complexity index is 1020. The fourth-order valence-electron chi connectivity index (χ4n) is 2.29. The summed E-state index contributed by atoms with van der Waals surface area (Å²) in [6.07, 6.45) is 0. The molecule has 0 spiro atoms. The number of nitrogens with zero attached hydrogens (tertiary/aromatic N) is 3. The van der Waals surface area contributed by atoms with Gasteiger partial charge in [0.2, 0.25) is 5.76 Å². The van der Waals surface area contributed by atoms with E-state index < -0.39 is 10.9 Å². The summed E-state index contributed by atoms with van der Waals surface area (Å²) in [5, 5.41) is 15.0. The molecule has 0 N–H and O–H groups in total. The first-order valence-electron chi connectivity index (χ1n) is 7.48. The first-order chi connectivity index (χ1) is 12.5. The number of esters is 1. The summed E-state index contributed by atoms with van der Waals surface area (Å²) in [4.78, 5) is 33.7. The number of nitro groups is 1. The lowest BCUT2D eigenvalue weighted by Gasteiger charge is -2.06. The van der Waals surface area contributed by atoms with Crippen LogP contribution in [0.3, 0.4) is 0 Å². The molecule has 0 aliphatic heterocycles. The zero-order valence-electron chi connectivity index (χ0n) is 13.6. The van der Waals surface area contributed by atoms with Gasteiger partial charge in [-0.25, -0.2) is 9.48 Å². The Hall–Kier alpha value is -3.75. The number of carbonyl (C=O) groups is 1. The summed E-state index contributed by atoms with van der Waals surface area (Å²) in [5.74, 6) is -0.223. The van der Waals surface area contributed by atoms with Crippen LogP contribution in [0.4, 0.5) is 5.69 Å². The van der Waals surface area contributed by atoms with Crippen LogP contribution < -0.4 is 5.56 Å². The van der Waals surface area contributed by atoms with E-state index in [1.165, 1.54) is 42.1 Å². The van der Waals surface area contributed by atoms with Crippen LogP contribution in [0, 0.1) is 10.1 Å². The monoisotopic (exact) mass is 355 g/mol. The third kappa shape index (κ3) is 3.51. The standard InChI is InChI=1S/C17H13N3O6/c1-25-17(22)15-8-6-13(26-15)10-19-16(21)9-7-14(18-19)11-2-4-12(5-3-11)20(23)24/h2-9H,10H2,1H3. The number of non-ortho nitro benzene ring substituents is 1. The molecule has 2 heterocycles. The topological polar surface area (TPSA) is 117 Å². The van der Waals surface area contributed by atoms with Crippen LogP contribution in [0.2, 0.25) is 0 Å². The molecule has 0 saturated heterocycles. The van der Waals surface area contributed by atoms with Gasteiger partial charge in [0.15, 0.2) is 0 Å². The zero-order chi connectivity index (χ0) is 18.7. The summed E-state index contributed by atoms with van der Waals surface area (Å²) in [6.45, 7) is 0.0245. The van der Waals surface area contributed by atoms with Crippen molar-refractivity contribution in [3.63, 3.8) is 0 Å². The smallest absolute Gasteiger partial charge is 0.373 e. The minimum atomic E-state index is -0.615. The van der Waals surface area contributed by atoms with Crippen molar-refractivity contribution < 1.29 is 18.9 Å². The molecule has 0 aliphatic rings. The Morgan fingerprint density at radius 3 is 2.58 bits per heavy atom. The Kier molecular flexibility index (Phi) is 4.61. The maximum Gasteiger partial charge on any atom is 0.373 e. The lowest BCUT2D eigenvalue weighted by Crippen LogP contribution is -2.22. The van der Waals surface area contributed by atoms with Crippen LogP contribution in [-0.2, 0) is 11.3 Å². The van der Waals surface area contributed by atoms with Crippen molar-refractivity contribution in [2.24, 2.45) is 0 Å². The van der Waals surface area contributed by atoms with Gasteiger partial charge in [-0.05, 0) is 30.3 Å². The van der Waals surface area contributed by atoms with Gasteiger partial charge in [-0.3, -0.25) is 14.9 Å². The second kappa shape index (κ2) is 7.01. The number of rotatable bonds is 5. The van der Waals surface area contributed by atoms with Crippen molar-refractivity contribution in [3.05, 3.63) is 80.5 Å². The first kappa shape index (κ1) is 17.1. The molecule has 2 aromatic heterocycles. The molecule has 0 fully saturated rings. The lowest BCUT2D eigenvalue weighted by atomic mass is 10.1. The highest BCUT2D eigenvalue weighted by molar-refractivity contribution is 5.86. The molecule has 9 nitrogen and oxygen atoms in total. The van der Waals surface area contributed by atoms with E-state index in [0.717, 1.165) is 0 Å². The highest BCUT2D eigenvalue weighted by Crippen LogP contribution is 2.20. The maximum absolute atomic E-state index is 12.0. The van der Waals surface area contributed by atoms with E-state index in [1.54, 1.807) is 18.2 Å². The van der Waals surface area contributed by atoms with Gasteiger partial charge in [0.05, 0.1) is 17.7 Å². The zero-order valence-corrected chi connectivity index (χ0v) is 13.6. The van der Waals surface area contributed by atoms with Crippen LogP contribution in [-0.4, -0.2) is 27.8 Å². The van der Waals surface area contributed by atoms with Crippen LogP contribution in [0.25, 0.3) is 11.3 Å². The molecular weight excluding hydrogens is 342 g/mol. The quantitative estimate of drug-likeness (QED) is 0.391. The van der Waals surface area contributed by atoms with Gasteiger partial charge < -0.3 is 9.15 Å². The first-order valence-corrected chi connectivity index (χ1v) is 7.48. The second-order valence-corrected chi connectivity index (χ2v) is 5.28. The summed E-state index contributed by atoms with van der Waals surface area (Å²) in [6, 6.07) is 11.7. The lowest BCUT2D eigenvalue weighted by molar-refractivity contribution is -0.384. The Morgan fingerprint density at radius 2 is 1.92 bits per heavy atom. The average molecular weight is 355 g/mol. The molecule has 0 unspecified atom stereocenters. The van der Waals surface area contributed by atoms with E-state index in [2.05, 4.69) is 9.84 Å². The van der Waals surface area contributed by atoms with Crippen molar-refractivity contribution in [2.45, 2.75) is 6.54 Å². The van der Waals surface area contributed by atoms with Crippen molar-refractivity contribution >= 4 is 11.7 Å². The fraction of sp³-hybridized carbons (Fsp3) is 0.118. The SMILES string of the molecule is COC(=O)c1ccc(Cn2nc(-c3ccc([N+](=O)[O-])cc3)ccc2=O)o1. The molecule has 0 bridgehead atoms. The van der Waals surface area contributed by atoms with Crippen LogP contribution in [0.5, 0.6) is 0 Å². The molecule has 3 rings (SSSR count). The molecular formula is C17H13N3O6. The summed E-state index contributed by atoms with van der Waals surface area (Å²) >= 11 is 0. The minimum absolute atomic E-state index is 0.0245. The molecule has 0 amide bonds. The molecule has 132 valence electrons. The molecule has 1 aromatic carbocycles. The van der Waals surface area contributed by atoms with Crippen LogP contribution in [0.15, 0.2) is 57.7 Å². The van der Waals surface area contributed by atoms with Gasteiger partial charge in [-0.15, -0.1) is 0 Å². The summed E-state index contributed by atoms with van der Waals surface area (Å²) in [5.41, 5.74) is 0.706. The molecule has 9 heteroatoms. The fourth-order valence-corrected chi connectivity index (χ4v) is 2.29. The molecule has 26 heavy (non-hydrogen) atoms. The van der Waals surface area contributed by atoms with Gasteiger partial charge in [0.25, 0.3) is 11.2 Å². The van der Waals surface area contributed by atoms with Crippen LogP contribution in [0.1, 0.15) is 16.3 Å². The van der Waals surface area contributed by atoms with E-state index in [1.807, 2.05) is 0 Å².